The second-order valence-corrected chi connectivity index (χ2v) is 11.5. The molecule has 4 aliphatic rings. The number of nitrogens with zero attached hydrogens (tertiary/aromatic N) is 8. The Morgan fingerprint density at radius 1 is 0.500 bits per heavy atom. The van der Waals surface area contributed by atoms with Crippen molar-refractivity contribution in [1.82, 2.24) is 19.8 Å². The number of aromatic nitrogens is 2. The molecule has 4 aliphatic heterocycles. The van der Waals surface area contributed by atoms with Crippen molar-refractivity contribution in [3.63, 3.8) is 0 Å². The van der Waals surface area contributed by atoms with Crippen LogP contribution in [0.2, 0.25) is 0 Å². The minimum atomic E-state index is -0.506. The van der Waals surface area contributed by atoms with Gasteiger partial charge in [-0.15, -0.1) is 0 Å². The predicted octanol–water partition coefficient (Wildman–Crippen LogP) is 1.38. The number of hydrogen-bond acceptors (Lipinski definition) is 10. The third kappa shape index (κ3) is 5.20. The first-order valence-corrected chi connectivity index (χ1v) is 15.1. The normalized spacial score (nSPS) is 23.7. The van der Waals surface area contributed by atoms with Gasteiger partial charge >= 0.3 is 0 Å². The molecule has 6 heterocycles. The zero-order valence-corrected chi connectivity index (χ0v) is 24.4. The van der Waals surface area contributed by atoms with Gasteiger partial charge in [0.05, 0.1) is 36.3 Å². The van der Waals surface area contributed by atoms with Crippen LogP contribution in [0.4, 0.5) is 23.0 Å². The van der Waals surface area contributed by atoms with Crippen LogP contribution < -0.4 is 19.6 Å². The van der Waals surface area contributed by atoms with Crippen LogP contribution in [0.15, 0.2) is 73.1 Å². The van der Waals surface area contributed by atoms with Crippen LogP contribution in [0, 0.1) is 0 Å². The van der Waals surface area contributed by atoms with Crippen LogP contribution >= 0.6 is 0 Å². The minimum Gasteiger partial charge on any atom is -0.354 e. The molecule has 3 aromatic rings. The molecular formula is C32H34N8O4. The number of imide groups is 2. The summed E-state index contributed by atoms with van der Waals surface area (Å²) in [7, 11) is 0. The number of pyridine rings is 2. The van der Waals surface area contributed by atoms with E-state index < -0.39 is 12.1 Å². The summed E-state index contributed by atoms with van der Waals surface area (Å²) in [6, 6.07) is 17.2. The fourth-order valence-electron chi connectivity index (χ4n) is 6.70. The largest absolute Gasteiger partial charge is 0.354 e. The molecular weight excluding hydrogens is 560 g/mol. The quantitative estimate of drug-likeness (QED) is 0.388. The van der Waals surface area contributed by atoms with Crippen LogP contribution in [0.5, 0.6) is 0 Å². The second kappa shape index (κ2) is 11.8. The highest BCUT2D eigenvalue weighted by Crippen LogP contribution is 2.31. The summed E-state index contributed by atoms with van der Waals surface area (Å²) in [4.78, 5) is 72.8. The lowest BCUT2D eigenvalue weighted by Gasteiger charge is -2.37. The first-order chi connectivity index (χ1) is 21.5. The Bertz CT molecular complexity index is 1420. The van der Waals surface area contributed by atoms with E-state index in [1.54, 1.807) is 36.7 Å². The summed E-state index contributed by atoms with van der Waals surface area (Å²) in [5.41, 5.74) is 0.888. The Balaban J connectivity index is 0.975. The predicted molar refractivity (Wildman–Crippen MR) is 164 cm³/mol. The molecule has 2 atom stereocenters. The van der Waals surface area contributed by atoms with Crippen molar-refractivity contribution in [2.45, 2.75) is 24.9 Å². The van der Waals surface area contributed by atoms with Gasteiger partial charge in [-0.25, -0.2) is 19.8 Å². The topological polar surface area (TPSA) is 114 Å². The molecule has 226 valence electrons. The maximum Gasteiger partial charge on any atom is 0.251 e. The van der Waals surface area contributed by atoms with Crippen molar-refractivity contribution in [2.75, 3.05) is 72.0 Å². The maximum absolute atomic E-state index is 13.5. The molecule has 2 unspecified atom stereocenters. The molecule has 4 amide bonds. The monoisotopic (exact) mass is 594 g/mol. The summed E-state index contributed by atoms with van der Waals surface area (Å²) < 4.78 is 0. The lowest BCUT2D eigenvalue weighted by atomic mass is 10.1. The molecule has 4 fully saturated rings. The zero-order chi connectivity index (χ0) is 30.2. The first-order valence-electron chi connectivity index (χ1n) is 15.1. The van der Waals surface area contributed by atoms with E-state index in [-0.39, 0.29) is 36.5 Å². The highest BCUT2D eigenvalue weighted by Gasteiger charge is 2.45. The zero-order valence-electron chi connectivity index (χ0n) is 24.4. The lowest BCUT2D eigenvalue weighted by Crippen LogP contribution is -2.52. The van der Waals surface area contributed by atoms with E-state index in [1.165, 1.54) is 9.80 Å². The van der Waals surface area contributed by atoms with Crippen LogP contribution in [0.3, 0.4) is 0 Å². The Morgan fingerprint density at radius 2 is 0.886 bits per heavy atom. The smallest absolute Gasteiger partial charge is 0.251 e. The van der Waals surface area contributed by atoms with Gasteiger partial charge in [0, 0.05) is 64.8 Å². The fourth-order valence-corrected chi connectivity index (χ4v) is 6.70. The third-order valence-corrected chi connectivity index (χ3v) is 9.07. The van der Waals surface area contributed by atoms with E-state index in [0.717, 1.165) is 37.8 Å². The third-order valence-electron chi connectivity index (χ3n) is 9.07. The van der Waals surface area contributed by atoms with E-state index in [0.29, 0.717) is 37.6 Å². The van der Waals surface area contributed by atoms with Crippen molar-refractivity contribution in [1.29, 1.82) is 0 Å². The molecule has 12 heteroatoms. The van der Waals surface area contributed by atoms with Crippen molar-refractivity contribution in [3.05, 3.63) is 73.1 Å². The maximum atomic E-state index is 13.5. The van der Waals surface area contributed by atoms with Gasteiger partial charge in [-0.3, -0.25) is 29.0 Å². The molecule has 4 saturated heterocycles. The molecule has 2 aromatic heterocycles. The van der Waals surface area contributed by atoms with Crippen molar-refractivity contribution in [2.24, 2.45) is 0 Å². The van der Waals surface area contributed by atoms with Gasteiger partial charge in [-0.05, 0) is 48.5 Å². The summed E-state index contributed by atoms with van der Waals surface area (Å²) in [6.07, 6.45) is 3.79. The van der Waals surface area contributed by atoms with Gasteiger partial charge in [0.2, 0.25) is 11.8 Å². The molecule has 12 nitrogen and oxygen atoms in total. The van der Waals surface area contributed by atoms with E-state index >= 15 is 0 Å². The van der Waals surface area contributed by atoms with Gasteiger partial charge in [-0.2, -0.15) is 0 Å². The van der Waals surface area contributed by atoms with Gasteiger partial charge in [0.15, 0.2) is 0 Å². The highest BCUT2D eigenvalue weighted by molar-refractivity contribution is 6.24. The molecule has 1 aromatic carbocycles. The van der Waals surface area contributed by atoms with Crippen molar-refractivity contribution < 1.29 is 19.2 Å². The molecule has 0 spiro atoms. The number of amides is 4. The van der Waals surface area contributed by atoms with E-state index in [4.69, 9.17) is 0 Å². The number of carbonyl (C=O) groups excluding carboxylic acids is 4. The van der Waals surface area contributed by atoms with Crippen molar-refractivity contribution in [3.8, 4) is 0 Å². The molecule has 0 radical (unpaired) electrons. The highest BCUT2D eigenvalue weighted by atomic mass is 16.2. The molecule has 0 saturated carbocycles. The standard InChI is InChI=1S/C32H34N8O4/c41-29-21-25(35-13-17-37(18-14-35)27-5-1-3-11-33-27)31(43)39(29)23-7-9-24(10-8-23)40-30(42)22-26(32(40)44)36-15-19-38(20-16-36)28-6-2-4-12-34-28/h1-12,25-26H,13-22H2. The molecule has 0 aliphatic carbocycles. The van der Waals surface area contributed by atoms with Gasteiger partial charge in [0.25, 0.3) is 11.8 Å². The Labute approximate surface area is 255 Å². The molecule has 44 heavy (non-hydrogen) atoms. The average molecular weight is 595 g/mol. The second-order valence-electron chi connectivity index (χ2n) is 11.5. The lowest BCUT2D eigenvalue weighted by molar-refractivity contribution is -0.124. The molecule has 0 bridgehead atoms. The van der Waals surface area contributed by atoms with Crippen LogP contribution in [0.1, 0.15) is 12.8 Å². The van der Waals surface area contributed by atoms with Gasteiger partial charge in [0.1, 0.15) is 11.6 Å². The summed E-state index contributed by atoms with van der Waals surface area (Å²) in [6.45, 7) is 5.53. The fraction of sp³-hybridized carbons (Fsp3) is 0.375. The Hall–Kier alpha value is -4.68. The summed E-state index contributed by atoms with van der Waals surface area (Å²) in [5.74, 6) is 0.829. The number of carbonyl (C=O) groups is 4. The number of benzene rings is 1. The van der Waals surface area contributed by atoms with Gasteiger partial charge in [-0.1, -0.05) is 12.1 Å². The number of rotatable bonds is 6. The summed E-state index contributed by atoms with van der Waals surface area (Å²) in [5, 5.41) is 0. The van der Waals surface area contributed by atoms with E-state index in [2.05, 4.69) is 29.6 Å². The van der Waals surface area contributed by atoms with Crippen LogP contribution in [-0.4, -0.2) is 108 Å². The van der Waals surface area contributed by atoms with E-state index in [1.807, 2.05) is 36.4 Å². The van der Waals surface area contributed by atoms with Crippen LogP contribution in [-0.2, 0) is 19.2 Å². The number of anilines is 4. The van der Waals surface area contributed by atoms with Gasteiger partial charge < -0.3 is 9.80 Å². The summed E-state index contributed by atoms with van der Waals surface area (Å²) >= 11 is 0. The average Bonchev–Trinajstić information content (AvgIpc) is 3.55. The van der Waals surface area contributed by atoms with E-state index in [9.17, 15) is 19.2 Å². The SMILES string of the molecule is O=C1CC(N2CCN(c3ccccn3)CC2)C(=O)N1c1ccc(N2C(=O)CC(N3CCN(c4ccccn4)CC3)C2=O)cc1. The Kier molecular flexibility index (Phi) is 7.52. The first kappa shape index (κ1) is 28.1. The Morgan fingerprint density at radius 3 is 1.23 bits per heavy atom. The number of hydrogen-bond donors (Lipinski definition) is 0. The van der Waals surface area contributed by atoms with Crippen LogP contribution in [0.25, 0.3) is 0 Å². The molecule has 0 N–H and O–H groups in total. The minimum absolute atomic E-state index is 0.128. The molecule has 7 rings (SSSR count). The van der Waals surface area contributed by atoms with Crippen molar-refractivity contribution >= 4 is 46.6 Å². The number of piperazine rings is 2.